The van der Waals surface area contributed by atoms with E-state index in [4.69, 9.17) is 11.5 Å². The van der Waals surface area contributed by atoms with E-state index in [1.807, 2.05) is 18.7 Å². The summed E-state index contributed by atoms with van der Waals surface area (Å²) in [5.41, 5.74) is 11.0. The van der Waals surface area contributed by atoms with E-state index >= 15 is 0 Å². The summed E-state index contributed by atoms with van der Waals surface area (Å²) in [4.78, 5) is 30.7. The lowest BCUT2D eigenvalue weighted by Gasteiger charge is -2.32. The van der Waals surface area contributed by atoms with Crippen LogP contribution < -0.4 is 16.8 Å². The van der Waals surface area contributed by atoms with E-state index in [-0.39, 0.29) is 29.7 Å². The standard InChI is InChI=1S/C16H31N5O2/c1-4-9-21(10-5-2)15(23)14(19-11(3)22)12-7-6-8-13(12)20-16(17)18/h12-14H,4-10H2,1-3H3,(H,19,22)(H4,17,18,20)/t12-,13-,14?/m1/s1. The molecule has 0 aromatic carbocycles. The van der Waals surface area contributed by atoms with Gasteiger partial charge in [-0.05, 0) is 25.7 Å². The molecule has 0 saturated heterocycles. The molecule has 1 rings (SSSR count). The fourth-order valence-electron chi connectivity index (χ4n) is 3.35. The Morgan fingerprint density at radius 1 is 1.22 bits per heavy atom. The van der Waals surface area contributed by atoms with Gasteiger partial charge in [0.15, 0.2) is 5.96 Å². The van der Waals surface area contributed by atoms with Gasteiger partial charge in [-0.25, -0.2) is 4.99 Å². The minimum Gasteiger partial charge on any atom is -0.370 e. The van der Waals surface area contributed by atoms with Crippen molar-refractivity contribution in [2.75, 3.05) is 13.1 Å². The van der Waals surface area contributed by atoms with Crippen LogP contribution in [0.15, 0.2) is 4.99 Å². The molecule has 7 nitrogen and oxygen atoms in total. The number of amides is 2. The second kappa shape index (κ2) is 9.37. The number of rotatable bonds is 8. The lowest BCUT2D eigenvalue weighted by molar-refractivity contribution is -0.137. The molecule has 132 valence electrons. The van der Waals surface area contributed by atoms with E-state index in [1.54, 1.807) is 0 Å². The Kier molecular flexibility index (Phi) is 7.85. The van der Waals surface area contributed by atoms with Gasteiger partial charge in [0.1, 0.15) is 6.04 Å². The SMILES string of the molecule is CCCN(CCC)C(=O)C(NC(C)=O)[C@@H]1CCC[C@H]1N=C(N)N. The van der Waals surface area contributed by atoms with Gasteiger partial charge in [-0.2, -0.15) is 0 Å². The van der Waals surface area contributed by atoms with Gasteiger partial charge < -0.3 is 21.7 Å². The van der Waals surface area contributed by atoms with Gasteiger partial charge in [-0.15, -0.1) is 0 Å². The number of guanidine groups is 1. The van der Waals surface area contributed by atoms with E-state index < -0.39 is 6.04 Å². The van der Waals surface area contributed by atoms with Crippen LogP contribution in [0.4, 0.5) is 0 Å². The summed E-state index contributed by atoms with van der Waals surface area (Å²) in [5, 5.41) is 2.84. The minimum absolute atomic E-state index is 0.0217. The normalized spacial score (nSPS) is 21.5. The molecule has 23 heavy (non-hydrogen) atoms. The predicted octanol–water partition coefficient (Wildman–Crippen LogP) is 0.582. The first-order valence-electron chi connectivity index (χ1n) is 8.55. The third-order valence-corrected chi connectivity index (χ3v) is 4.20. The summed E-state index contributed by atoms with van der Waals surface area (Å²) in [5.74, 6) is -0.238. The Bertz CT molecular complexity index is 428. The molecule has 7 heteroatoms. The summed E-state index contributed by atoms with van der Waals surface area (Å²) >= 11 is 0. The molecule has 1 unspecified atom stereocenters. The van der Waals surface area contributed by atoms with E-state index in [9.17, 15) is 9.59 Å². The van der Waals surface area contributed by atoms with Crippen LogP contribution in [0, 0.1) is 5.92 Å². The Balaban J connectivity index is 2.99. The van der Waals surface area contributed by atoms with E-state index in [1.165, 1.54) is 6.92 Å². The predicted molar refractivity (Wildman–Crippen MR) is 91.7 cm³/mol. The van der Waals surface area contributed by atoms with Gasteiger partial charge in [0.05, 0.1) is 6.04 Å². The first-order chi connectivity index (χ1) is 10.9. The zero-order valence-corrected chi connectivity index (χ0v) is 14.5. The monoisotopic (exact) mass is 325 g/mol. The molecule has 0 heterocycles. The number of carbonyl (C=O) groups is 2. The average molecular weight is 325 g/mol. The molecule has 1 aliphatic rings. The summed E-state index contributed by atoms with van der Waals surface area (Å²) in [6.45, 7) is 6.92. The summed E-state index contributed by atoms with van der Waals surface area (Å²) in [6, 6.07) is -0.660. The molecule has 0 radical (unpaired) electrons. The maximum Gasteiger partial charge on any atom is 0.245 e. The number of nitrogens with one attached hydrogen (secondary N) is 1. The van der Waals surface area contributed by atoms with Crippen molar-refractivity contribution in [2.24, 2.45) is 22.4 Å². The number of aliphatic imine (C=N–C) groups is 1. The van der Waals surface area contributed by atoms with Crippen molar-refractivity contribution in [2.45, 2.75) is 65.0 Å². The molecular formula is C16H31N5O2. The van der Waals surface area contributed by atoms with Crippen LogP contribution in [0.1, 0.15) is 52.9 Å². The quantitative estimate of drug-likeness (QED) is 0.447. The average Bonchev–Trinajstić information content (AvgIpc) is 2.90. The van der Waals surface area contributed by atoms with E-state index in [0.29, 0.717) is 13.1 Å². The van der Waals surface area contributed by atoms with Gasteiger partial charge in [0.2, 0.25) is 11.8 Å². The van der Waals surface area contributed by atoms with Crippen LogP contribution in [-0.2, 0) is 9.59 Å². The fraction of sp³-hybridized carbons (Fsp3) is 0.812. The molecule has 1 fully saturated rings. The molecule has 0 aliphatic heterocycles. The first kappa shape index (κ1) is 19.3. The van der Waals surface area contributed by atoms with Crippen LogP contribution in [0.5, 0.6) is 0 Å². The Morgan fingerprint density at radius 2 is 1.83 bits per heavy atom. The van der Waals surface area contributed by atoms with Crippen molar-refractivity contribution in [3.63, 3.8) is 0 Å². The highest BCUT2D eigenvalue weighted by molar-refractivity contribution is 5.87. The van der Waals surface area contributed by atoms with Crippen LogP contribution in [0.3, 0.4) is 0 Å². The number of hydrogen-bond acceptors (Lipinski definition) is 3. The highest BCUT2D eigenvalue weighted by Crippen LogP contribution is 2.32. The molecule has 2 amide bonds. The lowest BCUT2D eigenvalue weighted by atomic mass is 9.93. The third kappa shape index (κ3) is 5.73. The molecule has 0 aromatic heterocycles. The van der Waals surface area contributed by atoms with Crippen molar-refractivity contribution in [1.29, 1.82) is 0 Å². The topological polar surface area (TPSA) is 114 Å². The van der Waals surface area contributed by atoms with Crippen LogP contribution in [-0.4, -0.2) is 47.8 Å². The number of carbonyl (C=O) groups excluding carboxylic acids is 2. The maximum atomic E-state index is 13.0. The van der Waals surface area contributed by atoms with Crippen LogP contribution >= 0.6 is 0 Å². The molecule has 0 spiro atoms. The Morgan fingerprint density at radius 3 is 2.30 bits per heavy atom. The summed E-state index contributed by atoms with van der Waals surface area (Å²) < 4.78 is 0. The molecule has 1 saturated carbocycles. The Hall–Kier alpha value is -1.79. The van der Waals surface area contributed by atoms with Crippen molar-refractivity contribution < 1.29 is 9.59 Å². The van der Waals surface area contributed by atoms with Crippen LogP contribution in [0.25, 0.3) is 0 Å². The molecule has 5 N–H and O–H groups in total. The largest absolute Gasteiger partial charge is 0.370 e. The fourth-order valence-corrected chi connectivity index (χ4v) is 3.35. The molecule has 1 aliphatic carbocycles. The van der Waals surface area contributed by atoms with Gasteiger partial charge in [0, 0.05) is 25.9 Å². The highest BCUT2D eigenvalue weighted by atomic mass is 16.2. The van der Waals surface area contributed by atoms with Gasteiger partial charge in [-0.3, -0.25) is 9.59 Å². The highest BCUT2D eigenvalue weighted by Gasteiger charge is 2.39. The molecular weight excluding hydrogens is 294 g/mol. The van der Waals surface area contributed by atoms with E-state index in [2.05, 4.69) is 10.3 Å². The smallest absolute Gasteiger partial charge is 0.245 e. The van der Waals surface area contributed by atoms with Gasteiger partial charge >= 0.3 is 0 Å². The van der Waals surface area contributed by atoms with Crippen molar-refractivity contribution in [3.05, 3.63) is 0 Å². The van der Waals surface area contributed by atoms with E-state index in [0.717, 1.165) is 32.1 Å². The second-order valence-electron chi connectivity index (χ2n) is 6.22. The van der Waals surface area contributed by atoms with Gasteiger partial charge in [-0.1, -0.05) is 20.3 Å². The first-order valence-corrected chi connectivity index (χ1v) is 8.55. The number of nitrogens with zero attached hydrogens (tertiary/aromatic N) is 2. The molecule has 0 bridgehead atoms. The summed E-state index contributed by atoms with van der Waals surface area (Å²) in [6.07, 6.45) is 4.41. The second-order valence-corrected chi connectivity index (χ2v) is 6.22. The molecule has 0 aromatic rings. The summed E-state index contributed by atoms with van der Waals surface area (Å²) in [7, 11) is 0. The zero-order chi connectivity index (χ0) is 17.4. The molecule has 3 atom stereocenters. The van der Waals surface area contributed by atoms with Crippen molar-refractivity contribution >= 4 is 17.8 Å². The van der Waals surface area contributed by atoms with Crippen molar-refractivity contribution in [1.82, 2.24) is 10.2 Å². The van der Waals surface area contributed by atoms with Crippen LogP contribution in [0.2, 0.25) is 0 Å². The maximum absolute atomic E-state index is 13.0. The number of hydrogen-bond donors (Lipinski definition) is 3. The zero-order valence-electron chi connectivity index (χ0n) is 14.5. The van der Waals surface area contributed by atoms with Crippen molar-refractivity contribution in [3.8, 4) is 0 Å². The Labute approximate surface area is 138 Å². The van der Waals surface area contributed by atoms with Gasteiger partial charge in [0.25, 0.3) is 0 Å². The number of nitrogens with two attached hydrogens (primary N) is 2. The third-order valence-electron chi connectivity index (χ3n) is 4.20. The lowest BCUT2D eigenvalue weighted by Crippen LogP contribution is -2.53. The minimum atomic E-state index is -0.554.